The number of anilines is 1. The third-order valence-corrected chi connectivity index (χ3v) is 6.17. The van der Waals surface area contributed by atoms with Gasteiger partial charge in [-0.15, -0.1) is 0 Å². The molecular formula is C24H29N7O. The summed E-state index contributed by atoms with van der Waals surface area (Å²) in [7, 11) is 3.98. The van der Waals surface area contributed by atoms with Gasteiger partial charge in [0.25, 0.3) is 0 Å². The van der Waals surface area contributed by atoms with Gasteiger partial charge in [0.15, 0.2) is 0 Å². The summed E-state index contributed by atoms with van der Waals surface area (Å²) in [6.45, 7) is 4.93. The van der Waals surface area contributed by atoms with Crippen LogP contribution in [0.2, 0.25) is 0 Å². The number of likely N-dealkylation sites (tertiary alicyclic amines) is 1. The molecule has 0 unspecified atom stereocenters. The van der Waals surface area contributed by atoms with Crippen molar-refractivity contribution >= 4 is 22.6 Å². The first kappa shape index (κ1) is 20.8. The number of nitrogens with one attached hydrogen (secondary N) is 2. The van der Waals surface area contributed by atoms with Crippen LogP contribution >= 0.6 is 0 Å². The van der Waals surface area contributed by atoms with E-state index in [1.54, 1.807) is 6.20 Å². The molecule has 1 aromatic carbocycles. The Kier molecular flexibility index (Phi) is 5.71. The smallest absolute Gasteiger partial charge is 0.233 e. The molecule has 2 aliphatic rings. The van der Waals surface area contributed by atoms with E-state index in [2.05, 4.69) is 62.7 Å². The lowest BCUT2D eigenvalue weighted by Crippen LogP contribution is -2.35. The summed E-state index contributed by atoms with van der Waals surface area (Å²) < 4.78 is 6.16. The van der Waals surface area contributed by atoms with Crippen molar-refractivity contribution < 1.29 is 4.74 Å². The first-order valence-corrected chi connectivity index (χ1v) is 11.2. The lowest BCUT2D eigenvalue weighted by Gasteiger charge is -2.28. The molecule has 0 spiro atoms. The van der Waals surface area contributed by atoms with Gasteiger partial charge >= 0.3 is 0 Å². The van der Waals surface area contributed by atoms with Gasteiger partial charge < -0.3 is 20.3 Å². The molecule has 2 aromatic heterocycles. The quantitative estimate of drug-likeness (QED) is 0.652. The highest BCUT2D eigenvalue weighted by atomic mass is 16.5. The Bertz CT molecular complexity index is 1150. The molecule has 3 aromatic rings. The molecule has 1 atom stereocenters. The van der Waals surface area contributed by atoms with Gasteiger partial charge in [-0.25, -0.2) is 19.9 Å². The number of piperidine rings is 1. The highest BCUT2D eigenvalue weighted by molar-refractivity contribution is 5.87. The van der Waals surface area contributed by atoms with Crippen LogP contribution < -0.4 is 15.4 Å². The van der Waals surface area contributed by atoms with Crippen LogP contribution in [0.1, 0.15) is 36.6 Å². The molecule has 0 bridgehead atoms. The monoisotopic (exact) mass is 431 g/mol. The fourth-order valence-corrected chi connectivity index (χ4v) is 4.30. The first-order chi connectivity index (χ1) is 15.6. The zero-order valence-corrected chi connectivity index (χ0v) is 18.8. The summed E-state index contributed by atoms with van der Waals surface area (Å²) in [4.78, 5) is 20.8. The van der Waals surface area contributed by atoms with Gasteiger partial charge in [-0.3, -0.25) is 0 Å². The maximum atomic E-state index is 6.16. The second-order valence-corrected chi connectivity index (χ2v) is 8.59. The average molecular weight is 432 g/mol. The van der Waals surface area contributed by atoms with E-state index in [-0.39, 0.29) is 12.1 Å². The van der Waals surface area contributed by atoms with Crippen molar-refractivity contribution in [2.24, 2.45) is 0 Å². The summed E-state index contributed by atoms with van der Waals surface area (Å²) in [6.07, 6.45) is 8.08. The molecule has 1 fully saturated rings. The molecule has 8 heteroatoms. The third kappa shape index (κ3) is 4.28. The molecule has 2 N–H and O–H groups in total. The number of nitrogens with zero attached hydrogens (tertiary/aromatic N) is 5. The fraction of sp³-hybridized carbons (Fsp3) is 0.417. The predicted octanol–water partition coefficient (Wildman–Crippen LogP) is 2.86. The van der Waals surface area contributed by atoms with Gasteiger partial charge in [-0.1, -0.05) is 12.1 Å². The number of ether oxygens (including phenoxy) is 1. The number of rotatable bonds is 4. The summed E-state index contributed by atoms with van der Waals surface area (Å²) in [5.74, 6) is 1.22. The highest BCUT2D eigenvalue weighted by Gasteiger charge is 2.20. The molecule has 0 radical (unpaired) electrons. The zero-order valence-electron chi connectivity index (χ0n) is 18.8. The van der Waals surface area contributed by atoms with E-state index in [0.717, 1.165) is 59.4 Å². The van der Waals surface area contributed by atoms with E-state index in [1.807, 2.05) is 19.3 Å². The molecule has 32 heavy (non-hydrogen) atoms. The topological polar surface area (TPSA) is 88.1 Å². The average Bonchev–Trinajstić information content (AvgIpc) is 2.98. The van der Waals surface area contributed by atoms with Crippen molar-refractivity contribution in [3.05, 3.63) is 53.5 Å². The molecule has 8 nitrogen and oxygen atoms in total. The van der Waals surface area contributed by atoms with Crippen molar-refractivity contribution in [2.75, 3.05) is 32.5 Å². The molecule has 166 valence electrons. The summed E-state index contributed by atoms with van der Waals surface area (Å²) >= 11 is 0. The van der Waals surface area contributed by atoms with Gasteiger partial charge in [0.2, 0.25) is 11.8 Å². The second kappa shape index (κ2) is 8.80. The number of benzene rings is 1. The molecule has 5 rings (SSSR count). The van der Waals surface area contributed by atoms with E-state index in [1.165, 1.54) is 0 Å². The second-order valence-electron chi connectivity index (χ2n) is 8.59. The van der Waals surface area contributed by atoms with Crippen LogP contribution in [0, 0.1) is 0 Å². The Labute approximate surface area is 188 Å². The Morgan fingerprint density at radius 1 is 1.09 bits per heavy atom. The van der Waals surface area contributed by atoms with Crippen LogP contribution in [0.4, 0.5) is 5.95 Å². The minimum absolute atomic E-state index is 0.197. The van der Waals surface area contributed by atoms with Gasteiger partial charge in [0.1, 0.15) is 6.10 Å². The van der Waals surface area contributed by atoms with Crippen molar-refractivity contribution in [1.29, 1.82) is 0 Å². The minimum atomic E-state index is 0.197. The molecule has 1 saturated heterocycles. The van der Waals surface area contributed by atoms with E-state index in [0.29, 0.717) is 18.4 Å². The highest BCUT2D eigenvalue weighted by Crippen LogP contribution is 2.30. The number of hydrogen-bond acceptors (Lipinski definition) is 8. The Hall–Kier alpha value is -3.10. The number of hydrogen-bond donors (Lipinski definition) is 2. The van der Waals surface area contributed by atoms with Gasteiger partial charge in [-0.2, -0.15) is 0 Å². The first-order valence-electron chi connectivity index (χ1n) is 11.2. The Morgan fingerprint density at radius 2 is 1.94 bits per heavy atom. The van der Waals surface area contributed by atoms with Crippen LogP contribution in [-0.2, 0) is 6.54 Å². The van der Waals surface area contributed by atoms with E-state index in [9.17, 15) is 0 Å². The third-order valence-electron chi connectivity index (χ3n) is 6.17. The van der Waals surface area contributed by atoms with Crippen molar-refractivity contribution in [2.45, 2.75) is 38.5 Å². The summed E-state index contributed by atoms with van der Waals surface area (Å²) in [6, 6.07) is 6.40. The summed E-state index contributed by atoms with van der Waals surface area (Å²) in [5, 5.41) is 6.53. The molecule has 0 saturated carbocycles. The van der Waals surface area contributed by atoms with Gasteiger partial charge in [0, 0.05) is 44.5 Å². The summed E-state index contributed by atoms with van der Waals surface area (Å²) in [5.41, 5.74) is 5.86. The maximum Gasteiger partial charge on any atom is 0.233 e. The van der Waals surface area contributed by atoms with Crippen LogP contribution in [0.15, 0.2) is 36.7 Å². The van der Waals surface area contributed by atoms with E-state index in [4.69, 9.17) is 9.72 Å². The van der Waals surface area contributed by atoms with E-state index >= 15 is 0 Å². The van der Waals surface area contributed by atoms with Crippen molar-refractivity contribution in [1.82, 2.24) is 30.2 Å². The van der Waals surface area contributed by atoms with Crippen LogP contribution in [0.25, 0.3) is 16.6 Å². The SMILES string of the molecule is CNc1ncc2c(n1)CN[C@H](C)C=C2c1ccc2ncc(OC3CCN(C)CC3)nc2c1. The Balaban J connectivity index is 1.48. The lowest BCUT2D eigenvalue weighted by atomic mass is 9.96. The van der Waals surface area contributed by atoms with Crippen molar-refractivity contribution in [3.8, 4) is 5.88 Å². The molecule has 0 amide bonds. The zero-order chi connectivity index (χ0) is 22.1. The standard InChI is InChI=1S/C24H29N7O/c1-15-10-18(19-12-28-24(25-2)30-22(19)13-26-15)16-4-5-20-21(11-16)29-23(14-27-20)32-17-6-8-31(3)9-7-17/h4-5,10-12,14-15,17,26H,6-9,13H2,1-3H3,(H,25,28,30)/t15-/m1/s1. The lowest BCUT2D eigenvalue weighted by molar-refractivity contribution is 0.110. The van der Waals surface area contributed by atoms with Gasteiger partial charge in [-0.05, 0) is 50.1 Å². The van der Waals surface area contributed by atoms with Crippen LogP contribution in [0.3, 0.4) is 0 Å². The van der Waals surface area contributed by atoms with Crippen molar-refractivity contribution in [3.63, 3.8) is 0 Å². The molecule has 0 aliphatic carbocycles. The fourth-order valence-electron chi connectivity index (χ4n) is 4.30. The van der Waals surface area contributed by atoms with Crippen LogP contribution in [0.5, 0.6) is 5.88 Å². The predicted molar refractivity (Wildman–Crippen MR) is 126 cm³/mol. The van der Waals surface area contributed by atoms with E-state index < -0.39 is 0 Å². The molecule has 2 aliphatic heterocycles. The largest absolute Gasteiger partial charge is 0.473 e. The van der Waals surface area contributed by atoms with Gasteiger partial charge in [0.05, 0.1) is 22.9 Å². The molecular weight excluding hydrogens is 402 g/mol. The minimum Gasteiger partial charge on any atom is -0.473 e. The van der Waals surface area contributed by atoms with Crippen LogP contribution in [-0.4, -0.2) is 64.2 Å². The normalized spacial score (nSPS) is 19.8. The number of aromatic nitrogens is 4. The number of fused-ring (bicyclic) bond motifs is 2. The maximum absolute atomic E-state index is 6.16. The molecule has 4 heterocycles. The Morgan fingerprint density at radius 3 is 2.75 bits per heavy atom.